The van der Waals surface area contributed by atoms with Crippen molar-refractivity contribution in [3.63, 3.8) is 0 Å². The molecule has 0 bridgehead atoms. The van der Waals surface area contributed by atoms with Crippen LogP contribution in [-0.4, -0.2) is 59.6 Å². The van der Waals surface area contributed by atoms with Crippen LogP contribution in [0.1, 0.15) is 55.4 Å². The number of H-pyrrole nitrogens is 1. The quantitative estimate of drug-likeness (QED) is 0.338. The van der Waals surface area contributed by atoms with Crippen LogP contribution in [0.15, 0.2) is 30.3 Å². The van der Waals surface area contributed by atoms with E-state index < -0.39 is 35.5 Å². The minimum absolute atomic E-state index is 0.0322. The highest BCUT2D eigenvalue weighted by molar-refractivity contribution is 6.38. The van der Waals surface area contributed by atoms with E-state index in [1.54, 1.807) is 6.07 Å². The van der Waals surface area contributed by atoms with Gasteiger partial charge in [-0.05, 0) is 37.8 Å². The maximum Gasteiger partial charge on any atom is 0.289 e. The Kier molecular flexibility index (Phi) is 7.79. The first kappa shape index (κ1) is 24.4. The van der Waals surface area contributed by atoms with Gasteiger partial charge in [0, 0.05) is 29.4 Å². The van der Waals surface area contributed by atoms with Gasteiger partial charge in [-0.2, -0.15) is 0 Å². The van der Waals surface area contributed by atoms with E-state index >= 15 is 0 Å². The first-order chi connectivity index (χ1) is 16.9. The van der Waals surface area contributed by atoms with E-state index in [1.165, 1.54) is 0 Å². The third-order valence-electron chi connectivity index (χ3n) is 6.68. The van der Waals surface area contributed by atoms with Gasteiger partial charge in [-0.3, -0.25) is 24.0 Å². The molecule has 5 N–H and O–H groups in total. The maximum absolute atomic E-state index is 13.0. The summed E-state index contributed by atoms with van der Waals surface area (Å²) in [6, 6.07) is 7.89. The van der Waals surface area contributed by atoms with E-state index in [-0.39, 0.29) is 24.9 Å². The van der Waals surface area contributed by atoms with Crippen LogP contribution < -0.4 is 21.3 Å². The van der Waals surface area contributed by atoms with E-state index in [2.05, 4.69) is 26.3 Å². The Morgan fingerprint density at radius 1 is 1.03 bits per heavy atom. The van der Waals surface area contributed by atoms with Gasteiger partial charge in [0.15, 0.2) is 0 Å². The second kappa shape index (κ2) is 11.2. The number of rotatable bonds is 9. The molecular weight excluding hydrogens is 450 g/mol. The Labute approximate surface area is 203 Å². The number of ketones is 1. The zero-order chi connectivity index (χ0) is 24.8. The summed E-state index contributed by atoms with van der Waals surface area (Å²) in [5.74, 6) is -3.26. The Bertz CT molecular complexity index is 1090. The number of hydrogen-bond acceptors (Lipinski definition) is 5. The van der Waals surface area contributed by atoms with Gasteiger partial charge >= 0.3 is 0 Å². The van der Waals surface area contributed by atoms with E-state index in [9.17, 15) is 24.0 Å². The summed E-state index contributed by atoms with van der Waals surface area (Å²) in [6.07, 6.45) is 5.31. The molecule has 2 aromatic rings. The predicted octanol–water partition coefficient (Wildman–Crippen LogP) is 0.927. The molecule has 1 saturated carbocycles. The molecule has 1 aliphatic heterocycles. The van der Waals surface area contributed by atoms with Gasteiger partial charge in [0.2, 0.25) is 17.6 Å². The molecule has 1 aromatic carbocycles. The summed E-state index contributed by atoms with van der Waals surface area (Å²) in [7, 11) is 0. The zero-order valence-corrected chi connectivity index (χ0v) is 19.5. The maximum atomic E-state index is 13.0. The molecule has 1 aliphatic carbocycles. The van der Waals surface area contributed by atoms with Crippen molar-refractivity contribution in [2.45, 2.75) is 57.0 Å². The first-order valence-corrected chi connectivity index (χ1v) is 12.2. The number of aromatic nitrogens is 1. The predicted molar refractivity (Wildman–Crippen MR) is 128 cm³/mol. The van der Waals surface area contributed by atoms with Gasteiger partial charge in [-0.1, -0.05) is 37.5 Å². The smallest absolute Gasteiger partial charge is 0.289 e. The lowest BCUT2D eigenvalue weighted by Crippen LogP contribution is -2.52. The number of carbonyl (C=O) groups excluding carboxylic acids is 5. The number of carbonyl (C=O) groups is 5. The van der Waals surface area contributed by atoms with Crippen LogP contribution in [0.2, 0.25) is 0 Å². The second-order valence-corrected chi connectivity index (χ2v) is 9.26. The van der Waals surface area contributed by atoms with Gasteiger partial charge < -0.3 is 26.3 Å². The minimum atomic E-state index is -1.15. The molecule has 0 spiro atoms. The van der Waals surface area contributed by atoms with Crippen LogP contribution in [0.3, 0.4) is 0 Å². The van der Waals surface area contributed by atoms with Crippen molar-refractivity contribution in [1.29, 1.82) is 0 Å². The van der Waals surface area contributed by atoms with Gasteiger partial charge in [-0.25, -0.2) is 0 Å². The van der Waals surface area contributed by atoms with E-state index in [0.717, 1.165) is 43.0 Å². The van der Waals surface area contributed by atoms with Crippen molar-refractivity contribution in [2.75, 3.05) is 13.1 Å². The molecule has 2 unspecified atom stereocenters. The van der Waals surface area contributed by atoms with E-state index in [1.807, 2.05) is 24.3 Å². The summed E-state index contributed by atoms with van der Waals surface area (Å²) in [5.41, 5.74) is 1.10. The molecule has 10 nitrogen and oxygen atoms in total. The van der Waals surface area contributed by atoms with Crippen LogP contribution in [0.5, 0.6) is 0 Å². The minimum Gasteiger partial charge on any atom is -0.356 e. The number of hydrogen-bond donors (Lipinski definition) is 5. The third-order valence-corrected chi connectivity index (χ3v) is 6.68. The Morgan fingerprint density at radius 3 is 2.51 bits per heavy atom. The zero-order valence-electron chi connectivity index (χ0n) is 19.5. The SMILES string of the molecule is O=C(CNC(=O)c1cc2ccccc2[nH]1)NC(CC1CCNC1=O)C(=O)C(=O)NC1CCCCC1. The number of nitrogens with one attached hydrogen (secondary N) is 5. The van der Waals surface area contributed by atoms with E-state index in [4.69, 9.17) is 0 Å². The van der Waals surface area contributed by atoms with Gasteiger partial charge in [0.25, 0.3) is 11.8 Å². The fourth-order valence-corrected chi connectivity index (χ4v) is 4.74. The van der Waals surface area contributed by atoms with Crippen molar-refractivity contribution in [3.8, 4) is 0 Å². The van der Waals surface area contributed by atoms with Crippen LogP contribution in [-0.2, 0) is 19.2 Å². The highest BCUT2D eigenvalue weighted by Crippen LogP contribution is 2.19. The number of para-hydroxylation sites is 1. The van der Waals surface area contributed by atoms with Gasteiger partial charge in [0.1, 0.15) is 5.69 Å². The summed E-state index contributed by atoms with van der Waals surface area (Å²) in [5, 5.41) is 11.4. The van der Waals surface area contributed by atoms with Crippen LogP contribution in [0.4, 0.5) is 0 Å². The molecule has 35 heavy (non-hydrogen) atoms. The first-order valence-electron chi connectivity index (χ1n) is 12.2. The van der Waals surface area contributed by atoms with Gasteiger partial charge in [0.05, 0.1) is 12.6 Å². The second-order valence-electron chi connectivity index (χ2n) is 9.26. The number of Topliss-reactive ketones (excluding diaryl/α,β-unsaturated/α-hetero) is 1. The van der Waals surface area contributed by atoms with Gasteiger partial charge in [-0.15, -0.1) is 0 Å². The molecule has 1 aromatic heterocycles. The van der Waals surface area contributed by atoms with Crippen molar-refractivity contribution in [2.24, 2.45) is 5.92 Å². The molecule has 2 fully saturated rings. The largest absolute Gasteiger partial charge is 0.356 e. The monoisotopic (exact) mass is 481 g/mol. The molecule has 10 heteroatoms. The normalized spacial score (nSPS) is 19.1. The molecule has 4 rings (SSSR count). The molecule has 2 heterocycles. The highest BCUT2D eigenvalue weighted by atomic mass is 16.2. The van der Waals surface area contributed by atoms with E-state index in [0.29, 0.717) is 18.7 Å². The number of amides is 4. The van der Waals surface area contributed by atoms with Crippen molar-refractivity contribution in [3.05, 3.63) is 36.0 Å². The lowest BCUT2D eigenvalue weighted by molar-refractivity contribution is -0.141. The van der Waals surface area contributed by atoms with Crippen molar-refractivity contribution < 1.29 is 24.0 Å². The summed E-state index contributed by atoms with van der Waals surface area (Å²) in [4.78, 5) is 65.7. The van der Waals surface area contributed by atoms with Crippen molar-refractivity contribution >= 4 is 40.3 Å². The Morgan fingerprint density at radius 2 is 1.80 bits per heavy atom. The molecule has 1 saturated heterocycles. The molecule has 186 valence electrons. The molecule has 4 amide bonds. The van der Waals surface area contributed by atoms with Crippen molar-refractivity contribution in [1.82, 2.24) is 26.3 Å². The van der Waals surface area contributed by atoms with Crippen LogP contribution >= 0.6 is 0 Å². The average Bonchev–Trinajstić information content (AvgIpc) is 3.48. The number of aromatic amines is 1. The Balaban J connectivity index is 1.36. The molecular formula is C25H31N5O5. The van der Waals surface area contributed by atoms with Crippen LogP contribution in [0, 0.1) is 5.92 Å². The highest BCUT2D eigenvalue weighted by Gasteiger charge is 2.34. The fourth-order valence-electron chi connectivity index (χ4n) is 4.74. The molecule has 2 aliphatic rings. The standard InChI is InChI=1S/C25H31N5O5/c31-21(14-27-24(34)20-12-15-6-4-5-9-18(15)29-20)30-19(13-16-10-11-26-23(16)33)22(32)25(35)28-17-7-2-1-3-8-17/h4-6,9,12,16-17,19,29H,1-3,7-8,10-11,13-14H2,(H,26,33)(H,27,34)(H,28,35)(H,30,31). The van der Waals surface area contributed by atoms with Crippen LogP contribution in [0.25, 0.3) is 10.9 Å². The lowest BCUT2D eigenvalue weighted by Gasteiger charge is -2.24. The summed E-state index contributed by atoms with van der Waals surface area (Å²) < 4.78 is 0. The number of benzene rings is 1. The fraction of sp³-hybridized carbons (Fsp3) is 0.480. The Hall–Kier alpha value is -3.69. The lowest BCUT2D eigenvalue weighted by atomic mass is 9.93. The topological polar surface area (TPSA) is 149 Å². The average molecular weight is 482 g/mol. The third kappa shape index (κ3) is 6.26. The molecule has 0 radical (unpaired) electrons. The summed E-state index contributed by atoms with van der Waals surface area (Å²) >= 11 is 0. The summed E-state index contributed by atoms with van der Waals surface area (Å²) in [6.45, 7) is 0.117. The number of fused-ring (bicyclic) bond motifs is 1. The molecule has 2 atom stereocenters.